The zero-order valence-electron chi connectivity index (χ0n) is 12.7. The fourth-order valence-corrected chi connectivity index (χ4v) is 2.87. The van der Waals surface area contributed by atoms with Crippen LogP contribution in [0.5, 0.6) is 0 Å². The number of nitrogens with one attached hydrogen (secondary N) is 1. The minimum atomic E-state index is -0.0425. The molecule has 7 nitrogen and oxygen atoms in total. The van der Waals surface area contributed by atoms with Crippen LogP contribution in [0.4, 0.5) is 0 Å². The molecular weight excluding hydrogens is 386 g/mol. The van der Waals surface area contributed by atoms with Gasteiger partial charge in [0.1, 0.15) is 0 Å². The van der Waals surface area contributed by atoms with Gasteiger partial charge in [-0.05, 0) is 29.0 Å². The van der Waals surface area contributed by atoms with Crippen LogP contribution in [-0.2, 0) is 13.0 Å². The molecule has 1 aliphatic rings. The summed E-state index contributed by atoms with van der Waals surface area (Å²) >= 11 is 3.36. The number of piperazine rings is 1. The monoisotopic (exact) mass is 403 g/mol. The van der Waals surface area contributed by atoms with Crippen LogP contribution in [0.15, 0.2) is 32.1 Å². The van der Waals surface area contributed by atoms with Crippen LogP contribution >= 0.6 is 28.3 Å². The maximum absolute atomic E-state index is 11.7. The fraction of sp³-hybridized carbons (Fsp3) is 0.500. The predicted molar refractivity (Wildman–Crippen MR) is 91.9 cm³/mol. The third-order valence-electron chi connectivity index (χ3n) is 3.81. The number of hydrogen-bond donors (Lipinski definition) is 1. The van der Waals surface area contributed by atoms with Gasteiger partial charge in [0.15, 0.2) is 5.82 Å². The van der Waals surface area contributed by atoms with E-state index in [0.717, 1.165) is 24.1 Å². The van der Waals surface area contributed by atoms with Gasteiger partial charge >= 0.3 is 0 Å². The molecular formula is C14H19BrClN5O2. The van der Waals surface area contributed by atoms with Gasteiger partial charge in [-0.3, -0.25) is 9.69 Å². The fourth-order valence-electron chi connectivity index (χ4n) is 2.49. The lowest BCUT2D eigenvalue weighted by atomic mass is 10.2. The lowest BCUT2D eigenvalue weighted by molar-refractivity contribution is 0.190. The Bertz CT molecular complexity index is 704. The third kappa shape index (κ3) is 4.41. The summed E-state index contributed by atoms with van der Waals surface area (Å²) in [5, 5.41) is 7.41. The normalized spacial score (nSPS) is 18.6. The van der Waals surface area contributed by atoms with E-state index < -0.39 is 0 Å². The van der Waals surface area contributed by atoms with Gasteiger partial charge in [-0.25, -0.2) is 0 Å². The average Bonchev–Trinajstić information content (AvgIpc) is 2.97. The van der Waals surface area contributed by atoms with Gasteiger partial charge in [0.2, 0.25) is 5.89 Å². The van der Waals surface area contributed by atoms with E-state index in [9.17, 15) is 4.79 Å². The number of hydrogen-bond acceptors (Lipinski definition) is 6. The molecule has 1 unspecified atom stereocenters. The van der Waals surface area contributed by atoms with Crippen molar-refractivity contribution in [3.63, 3.8) is 0 Å². The van der Waals surface area contributed by atoms with Crippen molar-refractivity contribution >= 4 is 28.3 Å². The highest BCUT2D eigenvalue weighted by Crippen LogP contribution is 2.17. The number of pyridine rings is 1. The van der Waals surface area contributed by atoms with Gasteiger partial charge in [-0.1, -0.05) is 5.16 Å². The Balaban J connectivity index is 0.00000192. The quantitative estimate of drug-likeness (QED) is 0.826. The van der Waals surface area contributed by atoms with Gasteiger partial charge in [-0.2, -0.15) is 4.98 Å². The predicted octanol–water partition coefficient (Wildman–Crippen LogP) is 1.23. The summed E-state index contributed by atoms with van der Waals surface area (Å²) < 4.78 is 7.81. The van der Waals surface area contributed by atoms with Crippen LogP contribution < -0.4 is 10.9 Å². The third-order valence-corrected chi connectivity index (χ3v) is 4.28. The molecule has 0 bridgehead atoms. The molecule has 1 N–H and O–H groups in total. The maximum atomic E-state index is 11.7. The Morgan fingerprint density at radius 3 is 3.09 bits per heavy atom. The highest BCUT2D eigenvalue weighted by Gasteiger charge is 2.25. The van der Waals surface area contributed by atoms with E-state index in [2.05, 4.69) is 43.3 Å². The van der Waals surface area contributed by atoms with Crippen LogP contribution in [0.1, 0.15) is 17.8 Å². The first-order valence-corrected chi connectivity index (χ1v) is 8.02. The summed E-state index contributed by atoms with van der Waals surface area (Å²) in [4.78, 5) is 18.4. The molecule has 0 aromatic carbocycles. The van der Waals surface area contributed by atoms with Crippen LogP contribution in [-0.4, -0.2) is 46.3 Å². The smallest absolute Gasteiger partial charge is 0.250 e. The summed E-state index contributed by atoms with van der Waals surface area (Å²) in [5.41, 5.74) is -0.0425. The van der Waals surface area contributed by atoms with E-state index in [0.29, 0.717) is 24.7 Å². The number of halogens is 2. The maximum Gasteiger partial charge on any atom is 0.250 e. The molecule has 1 atom stereocenters. The van der Waals surface area contributed by atoms with Crippen LogP contribution in [0, 0.1) is 0 Å². The van der Waals surface area contributed by atoms with Crippen molar-refractivity contribution in [2.75, 3.05) is 26.7 Å². The molecule has 126 valence electrons. The first kappa shape index (κ1) is 18.1. The topological polar surface area (TPSA) is 76.2 Å². The van der Waals surface area contributed by atoms with Gasteiger partial charge in [0, 0.05) is 49.3 Å². The Morgan fingerprint density at radius 2 is 2.30 bits per heavy atom. The molecule has 0 aliphatic carbocycles. The van der Waals surface area contributed by atoms with E-state index in [1.165, 1.54) is 6.07 Å². The molecule has 0 saturated carbocycles. The van der Waals surface area contributed by atoms with E-state index >= 15 is 0 Å². The number of rotatable bonds is 4. The molecule has 2 aromatic rings. The first-order chi connectivity index (χ1) is 10.6. The van der Waals surface area contributed by atoms with Crippen molar-refractivity contribution in [3.05, 3.63) is 44.9 Å². The summed E-state index contributed by atoms with van der Waals surface area (Å²) in [7, 11) is 2.06. The lowest BCUT2D eigenvalue weighted by Crippen LogP contribution is -2.44. The molecule has 3 heterocycles. The van der Waals surface area contributed by atoms with Gasteiger partial charge in [0.25, 0.3) is 5.56 Å². The van der Waals surface area contributed by atoms with Gasteiger partial charge in [0.05, 0.1) is 6.04 Å². The molecule has 9 heteroatoms. The molecule has 0 amide bonds. The van der Waals surface area contributed by atoms with Crippen molar-refractivity contribution < 1.29 is 4.52 Å². The molecule has 0 spiro atoms. The second-order valence-corrected chi connectivity index (χ2v) is 6.29. The standard InChI is InChI=1S/C14H18BrN5O2.ClH/c1-19-7-5-16-8-11(19)14-17-12(22-18-14)4-6-20-9-10(15)2-3-13(20)21;/h2-3,9,11,16H,4-8H2,1H3;1H. The molecule has 1 saturated heterocycles. The van der Waals surface area contributed by atoms with Crippen molar-refractivity contribution in [3.8, 4) is 0 Å². The summed E-state index contributed by atoms with van der Waals surface area (Å²) in [6.07, 6.45) is 2.30. The largest absolute Gasteiger partial charge is 0.339 e. The summed E-state index contributed by atoms with van der Waals surface area (Å²) in [5.74, 6) is 1.26. The van der Waals surface area contributed by atoms with E-state index in [4.69, 9.17) is 4.52 Å². The number of aromatic nitrogens is 3. The first-order valence-electron chi connectivity index (χ1n) is 7.23. The Kier molecular flexibility index (Phi) is 6.34. The Hall–Kier alpha value is -1.22. The molecule has 0 radical (unpaired) electrons. The molecule has 1 fully saturated rings. The number of likely N-dealkylation sites (N-methyl/N-ethyl adjacent to an activating group) is 1. The van der Waals surface area contributed by atoms with Gasteiger partial charge < -0.3 is 14.4 Å². The highest BCUT2D eigenvalue weighted by atomic mass is 79.9. The van der Waals surface area contributed by atoms with Gasteiger partial charge in [-0.15, -0.1) is 12.4 Å². The average molecular weight is 405 g/mol. The Morgan fingerprint density at radius 1 is 1.48 bits per heavy atom. The number of aryl methyl sites for hydroxylation is 2. The van der Waals surface area contributed by atoms with Crippen LogP contribution in [0.2, 0.25) is 0 Å². The van der Waals surface area contributed by atoms with E-state index in [-0.39, 0.29) is 24.0 Å². The van der Waals surface area contributed by atoms with Crippen molar-refractivity contribution in [2.24, 2.45) is 0 Å². The van der Waals surface area contributed by atoms with E-state index in [1.54, 1.807) is 16.8 Å². The summed E-state index contributed by atoms with van der Waals surface area (Å²) in [6, 6.07) is 3.40. The highest BCUT2D eigenvalue weighted by molar-refractivity contribution is 9.10. The van der Waals surface area contributed by atoms with Crippen LogP contribution in [0.3, 0.4) is 0 Å². The molecule has 23 heavy (non-hydrogen) atoms. The Labute approximate surface area is 148 Å². The minimum Gasteiger partial charge on any atom is -0.339 e. The van der Waals surface area contributed by atoms with Crippen molar-refractivity contribution in [2.45, 2.75) is 19.0 Å². The van der Waals surface area contributed by atoms with E-state index in [1.807, 2.05) is 0 Å². The lowest BCUT2D eigenvalue weighted by Gasteiger charge is -2.30. The van der Waals surface area contributed by atoms with Crippen molar-refractivity contribution in [1.29, 1.82) is 0 Å². The number of nitrogens with zero attached hydrogens (tertiary/aromatic N) is 4. The SMILES string of the molecule is CN1CCNCC1c1noc(CCn2cc(Br)ccc2=O)n1.Cl. The second kappa shape index (κ2) is 8.05. The van der Waals surface area contributed by atoms with Crippen LogP contribution in [0.25, 0.3) is 0 Å². The zero-order chi connectivity index (χ0) is 15.5. The second-order valence-electron chi connectivity index (χ2n) is 5.38. The summed E-state index contributed by atoms with van der Waals surface area (Å²) in [6.45, 7) is 3.27. The molecule has 1 aliphatic heterocycles. The zero-order valence-corrected chi connectivity index (χ0v) is 15.1. The minimum absolute atomic E-state index is 0. The molecule has 3 rings (SSSR count). The van der Waals surface area contributed by atoms with Crippen molar-refractivity contribution in [1.82, 2.24) is 24.9 Å². The molecule has 2 aromatic heterocycles.